The van der Waals surface area contributed by atoms with Crippen LogP contribution in [-0.4, -0.2) is 34.2 Å². The number of rotatable bonds is 6. The summed E-state index contributed by atoms with van der Waals surface area (Å²) in [5, 5.41) is 0. The molecule has 6 nitrogen and oxygen atoms in total. The Bertz CT molecular complexity index is 734. The Morgan fingerprint density at radius 2 is 2.00 bits per heavy atom. The molecule has 0 amide bonds. The van der Waals surface area contributed by atoms with E-state index in [2.05, 4.69) is 4.98 Å². The van der Waals surface area contributed by atoms with Crippen molar-refractivity contribution in [2.45, 2.75) is 57.6 Å². The van der Waals surface area contributed by atoms with E-state index in [1.807, 2.05) is 24.3 Å². The molecule has 1 fully saturated rings. The van der Waals surface area contributed by atoms with E-state index in [1.54, 1.807) is 17.8 Å². The first kappa shape index (κ1) is 17.5. The van der Waals surface area contributed by atoms with Gasteiger partial charge in [-0.3, -0.25) is 4.79 Å². The summed E-state index contributed by atoms with van der Waals surface area (Å²) in [6, 6.07) is 6.75. The molecule has 25 heavy (non-hydrogen) atoms. The highest BCUT2D eigenvalue weighted by Gasteiger charge is 2.28. The molecular formula is C19H24N2O4. The molecule has 6 heteroatoms. The van der Waals surface area contributed by atoms with Gasteiger partial charge in [0, 0.05) is 0 Å². The first-order valence-corrected chi connectivity index (χ1v) is 8.96. The summed E-state index contributed by atoms with van der Waals surface area (Å²) in [7, 11) is 0. The molecule has 1 aromatic heterocycles. The predicted molar refractivity (Wildman–Crippen MR) is 93.0 cm³/mol. The van der Waals surface area contributed by atoms with Gasteiger partial charge in [0.05, 0.1) is 30.4 Å². The molecule has 0 spiro atoms. The predicted octanol–water partition coefficient (Wildman–Crippen LogP) is 3.41. The number of aromatic nitrogens is 2. The highest BCUT2D eigenvalue weighted by Crippen LogP contribution is 2.24. The van der Waals surface area contributed by atoms with E-state index in [0.717, 1.165) is 36.7 Å². The van der Waals surface area contributed by atoms with E-state index in [-0.39, 0.29) is 25.1 Å². The minimum Gasteiger partial charge on any atom is -0.464 e. The van der Waals surface area contributed by atoms with Crippen LogP contribution in [0.2, 0.25) is 0 Å². The average Bonchev–Trinajstić information content (AvgIpc) is 3.04. The lowest BCUT2D eigenvalue weighted by Gasteiger charge is -2.23. The van der Waals surface area contributed by atoms with Crippen molar-refractivity contribution in [3.8, 4) is 0 Å². The van der Waals surface area contributed by atoms with Crippen molar-refractivity contribution in [3.63, 3.8) is 0 Å². The molecule has 1 saturated carbocycles. The molecule has 134 valence electrons. The fourth-order valence-corrected chi connectivity index (χ4v) is 3.34. The Kier molecular flexibility index (Phi) is 5.68. The SMILES string of the molecule is CCOC(=O)C(CC(=O)OC1CCCCC1)n1cnc2ccccc21. The number of carbonyl (C=O) groups excluding carboxylic acids is 2. The van der Waals surface area contributed by atoms with Gasteiger partial charge in [-0.15, -0.1) is 0 Å². The molecule has 2 aromatic rings. The number of hydrogen-bond acceptors (Lipinski definition) is 5. The van der Waals surface area contributed by atoms with E-state index in [4.69, 9.17) is 9.47 Å². The zero-order chi connectivity index (χ0) is 17.6. The molecule has 1 aliphatic carbocycles. The van der Waals surface area contributed by atoms with Crippen LogP contribution in [0.15, 0.2) is 30.6 Å². The van der Waals surface area contributed by atoms with E-state index < -0.39 is 12.0 Å². The van der Waals surface area contributed by atoms with Crippen LogP contribution in [0.25, 0.3) is 11.0 Å². The molecule has 0 aliphatic heterocycles. The van der Waals surface area contributed by atoms with Crippen molar-refractivity contribution in [1.82, 2.24) is 9.55 Å². The van der Waals surface area contributed by atoms with E-state index in [9.17, 15) is 9.59 Å². The van der Waals surface area contributed by atoms with Crippen molar-refractivity contribution < 1.29 is 19.1 Å². The summed E-state index contributed by atoms with van der Waals surface area (Å²) in [5.41, 5.74) is 1.57. The third-order valence-electron chi connectivity index (χ3n) is 4.59. The summed E-state index contributed by atoms with van der Waals surface area (Å²) in [6.07, 6.45) is 6.70. The lowest BCUT2D eigenvalue weighted by Crippen LogP contribution is -2.28. The van der Waals surface area contributed by atoms with Crippen LogP contribution in [0.3, 0.4) is 0 Å². The quantitative estimate of drug-likeness (QED) is 0.751. The number of benzene rings is 1. The van der Waals surface area contributed by atoms with Crippen LogP contribution in [0, 0.1) is 0 Å². The van der Waals surface area contributed by atoms with Gasteiger partial charge in [-0.2, -0.15) is 0 Å². The summed E-state index contributed by atoms with van der Waals surface area (Å²) in [4.78, 5) is 29.1. The van der Waals surface area contributed by atoms with Crippen LogP contribution in [0.1, 0.15) is 51.5 Å². The monoisotopic (exact) mass is 344 g/mol. The number of carbonyl (C=O) groups is 2. The molecule has 1 atom stereocenters. The standard InChI is InChI=1S/C19H24N2O4/c1-2-24-19(23)17(12-18(22)25-14-8-4-3-5-9-14)21-13-20-15-10-6-7-11-16(15)21/h6-7,10-11,13-14,17H,2-5,8-9,12H2,1H3. The fourth-order valence-electron chi connectivity index (χ4n) is 3.34. The van der Waals surface area contributed by atoms with Crippen LogP contribution < -0.4 is 0 Å². The Balaban J connectivity index is 1.77. The molecule has 1 aromatic carbocycles. The molecule has 1 aliphatic rings. The molecule has 3 rings (SSSR count). The van der Waals surface area contributed by atoms with E-state index in [1.165, 1.54) is 6.42 Å². The zero-order valence-corrected chi connectivity index (χ0v) is 14.5. The first-order chi connectivity index (χ1) is 12.2. The summed E-state index contributed by atoms with van der Waals surface area (Å²) >= 11 is 0. The van der Waals surface area contributed by atoms with Crippen molar-refractivity contribution >= 4 is 23.0 Å². The van der Waals surface area contributed by atoms with Gasteiger partial charge in [0.15, 0.2) is 0 Å². The molecule has 0 saturated heterocycles. The highest BCUT2D eigenvalue weighted by molar-refractivity contribution is 5.84. The number of imidazole rings is 1. The lowest BCUT2D eigenvalue weighted by molar-refractivity contribution is -0.157. The van der Waals surface area contributed by atoms with Crippen LogP contribution in [0.5, 0.6) is 0 Å². The number of fused-ring (bicyclic) bond motifs is 1. The van der Waals surface area contributed by atoms with Crippen molar-refractivity contribution in [1.29, 1.82) is 0 Å². The van der Waals surface area contributed by atoms with Gasteiger partial charge in [-0.05, 0) is 44.7 Å². The van der Waals surface area contributed by atoms with E-state index >= 15 is 0 Å². The average molecular weight is 344 g/mol. The van der Waals surface area contributed by atoms with Gasteiger partial charge in [0.1, 0.15) is 12.1 Å². The van der Waals surface area contributed by atoms with Crippen molar-refractivity contribution in [2.75, 3.05) is 6.61 Å². The maximum atomic E-state index is 12.4. The van der Waals surface area contributed by atoms with Gasteiger partial charge in [0.25, 0.3) is 0 Å². The third kappa shape index (κ3) is 4.18. The zero-order valence-electron chi connectivity index (χ0n) is 14.5. The number of hydrogen-bond donors (Lipinski definition) is 0. The maximum absolute atomic E-state index is 12.4. The minimum absolute atomic E-state index is 0.0244. The largest absolute Gasteiger partial charge is 0.464 e. The molecule has 1 unspecified atom stereocenters. The number of esters is 2. The molecule has 0 N–H and O–H groups in total. The number of ether oxygens (including phenoxy) is 2. The Morgan fingerprint density at radius 3 is 2.76 bits per heavy atom. The second kappa shape index (κ2) is 8.14. The van der Waals surface area contributed by atoms with Crippen molar-refractivity contribution in [2.24, 2.45) is 0 Å². The Labute approximate surface area is 147 Å². The summed E-state index contributed by atoms with van der Waals surface area (Å²) in [5.74, 6) is -0.797. The van der Waals surface area contributed by atoms with Crippen LogP contribution in [-0.2, 0) is 19.1 Å². The molecular weight excluding hydrogens is 320 g/mol. The second-order valence-electron chi connectivity index (χ2n) is 6.36. The lowest BCUT2D eigenvalue weighted by atomic mass is 9.98. The first-order valence-electron chi connectivity index (χ1n) is 8.96. The third-order valence-corrected chi connectivity index (χ3v) is 4.59. The van der Waals surface area contributed by atoms with Crippen molar-refractivity contribution in [3.05, 3.63) is 30.6 Å². The molecule has 1 heterocycles. The molecule has 0 bridgehead atoms. The van der Waals surface area contributed by atoms with E-state index in [0.29, 0.717) is 0 Å². The Hall–Kier alpha value is -2.37. The van der Waals surface area contributed by atoms with Gasteiger partial charge in [-0.25, -0.2) is 9.78 Å². The number of nitrogens with zero attached hydrogens (tertiary/aromatic N) is 2. The highest BCUT2D eigenvalue weighted by atomic mass is 16.5. The minimum atomic E-state index is -0.761. The topological polar surface area (TPSA) is 70.4 Å². The maximum Gasteiger partial charge on any atom is 0.329 e. The second-order valence-corrected chi connectivity index (χ2v) is 6.36. The summed E-state index contributed by atoms with van der Waals surface area (Å²) < 4.78 is 12.5. The fraction of sp³-hybridized carbons (Fsp3) is 0.526. The smallest absolute Gasteiger partial charge is 0.329 e. The van der Waals surface area contributed by atoms with Crippen LogP contribution >= 0.6 is 0 Å². The summed E-state index contributed by atoms with van der Waals surface area (Å²) in [6.45, 7) is 2.01. The van der Waals surface area contributed by atoms with Gasteiger partial charge >= 0.3 is 11.9 Å². The molecule has 0 radical (unpaired) electrons. The Morgan fingerprint density at radius 1 is 1.24 bits per heavy atom. The van der Waals surface area contributed by atoms with Crippen LogP contribution in [0.4, 0.5) is 0 Å². The van der Waals surface area contributed by atoms with Gasteiger partial charge in [0.2, 0.25) is 0 Å². The normalized spacial score (nSPS) is 16.5. The number of para-hydroxylation sites is 2. The van der Waals surface area contributed by atoms with Gasteiger partial charge in [-0.1, -0.05) is 18.6 Å². The van der Waals surface area contributed by atoms with Gasteiger partial charge < -0.3 is 14.0 Å².